The summed E-state index contributed by atoms with van der Waals surface area (Å²) in [4.78, 5) is 10.0. The third kappa shape index (κ3) is 3.56. The highest BCUT2D eigenvalue weighted by Gasteiger charge is 2.32. The molecule has 0 spiro atoms. The highest BCUT2D eigenvalue weighted by atomic mass is 32.2. The van der Waals surface area contributed by atoms with Gasteiger partial charge < -0.3 is 0 Å². The number of nitro benzene ring substituents is 1. The summed E-state index contributed by atoms with van der Waals surface area (Å²) in [5, 5.41) is 20.1. The zero-order valence-corrected chi connectivity index (χ0v) is 12.9. The molecule has 1 aromatic carbocycles. The average Bonchev–Trinajstić information content (AvgIpc) is 2.44. The fourth-order valence-electron chi connectivity index (χ4n) is 1.84. The minimum atomic E-state index is -4.00. The molecule has 0 aliphatic heterocycles. The lowest BCUT2D eigenvalue weighted by atomic mass is 9.97. The lowest BCUT2D eigenvalue weighted by Crippen LogP contribution is -2.46. The zero-order chi connectivity index (χ0) is 16.3. The van der Waals surface area contributed by atoms with Gasteiger partial charge in [-0.25, -0.2) is 8.42 Å². The van der Waals surface area contributed by atoms with E-state index in [0.717, 1.165) is 6.07 Å². The number of sulfonamides is 1. The molecule has 1 N–H and O–H groups in total. The van der Waals surface area contributed by atoms with Crippen LogP contribution in [0.2, 0.25) is 0 Å². The molecule has 0 radical (unpaired) electrons. The molecule has 0 heterocycles. The highest BCUT2D eigenvalue weighted by Crippen LogP contribution is 2.24. The van der Waals surface area contributed by atoms with Gasteiger partial charge in [-0.2, -0.15) is 9.98 Å². The van der Waals surface area contributed by atoms with E-state index < -0.39 is 20.5 Å². The summed E-state index contributed by atoms with van der Waals surface area (Å²) < 4.78 is 27.0. The second kappa shape index (κ2) is 6.20. The molecule has 0 saturated heterocycles. The maximum atomic E-state index is 12.3. The Kier molecular flexibility index (Phi) is 5.04. The van der Waals surface area contributed by atoms with Gasteiger partial charge in [-0.3, -0.25) is 10.1 Å². The molecule has 8 heteroatoms. The van der Waals surface area contributed by atoms with Gasteiger partial charge in [0.05, 0.1) is 15.9 Å². The summed E-state index contributed by atoms with van der Waals surface area (Å²) in [7, 11) is -4.00. The quantitative estimate of drug-likeness (QED) is 0.639. The van der Waals surface area contributed by atoms with Crippen LogP contribution in [0.3, 0.4) is 0 Å². The molecule has 114 valence electrons. The first-order valence-corrected chi connectivity index (χ1v) is 7.90. The van der Waals surface area contributed by atoms with E-state index in [2.05, 4.69) is 4.72 Å². The Morgan fingerprint density at radius 2 is 1.95 bits per heavy atom. The Morgan fingerprint density at radius 3 is 2.38 bits per heavy atom. The lowest BCUT2D eigenvalue weighted by Gasteiger charge is -2.24. The Morgan fingerprint density at radius 1 is 1.38 bits per heavy atom. The van der Waals surface area contributed by atoms with Crippen molar-refractivity contribution in [3.8, 4) is 6.07 Å². The van der Waals surface area contributed by atoms with Gasteiger partial charge in [0.2, 0.25) is 10.0 Å². The molecular formula is C13H17N3O4S. The first-order valence-electron chi connectivity index (χ1n) is 6.41. The number of nitrogens with zero attached hydrogens (tertiary/aromatic N) is 2. The molecule has 0 saturated carbocycles. The number of rotatable bonds is 6. The van der Waals surface area contributed by atoms with Crippen molar-refractivity contribution in [3.63, 3.8) is 0 Å². The Labute approximate surface area is 123 Å². The van der Waals surface area contributed by atoms with Gasteiger partial charge in [0.1, 0.15) is 5.54 Å². The standard InChI is InChI=1S/C13H17N3O4S/c1-4-13(5-2,9-14)15-21(19,20)11-7-6-10(3)12(8-11)16(17)18/h6-8,15H,4-5H2,1-3H3. The summed E-state index contributed by atoms with van der Waals surface area (Å²) in [6, 6.07) is 5.63. The number of hydrogen-bond donors (Lipinski definition) is 1. The number of nitro groups is 1. The number of nitriles is 1. The van der Waals surface area contributed by atoms with Crippen LogP contribution >= 0.6 is 0 Å². The van der Waals surface area contributed by atoms with Crippen LogP contribution in [0.25, 0.3) is 0 Å². The van der Waals surface area contributed by atoms with Gasteiger partial charge in [0, 0.05) is 11.6 Å². The van der Waals surface area contributed by atoms with E-state index in [1.807, 2.05) is 6.07 Å². The van der Waals surface area contributed by atoms with Crippen molar-refractivity contribution in [2.24, 2.45) is 0 Å². The van der Waals surface area contributed by atoms with Crippen LogP contribution in [0.4, 0.5) is 5.69 Å². The monoisotopic (exact) mass is 311 g/mol. The van der Waals surface area contributed by atoms with Gasteiger partial charge in [0.15, 0.2) is 0 Å². The minimum absolute atomic E-state index is 0.221. The third-order valence-corrected chi connectivity index (χ3v) is 4.97. The predicted octanol–water partition coefficient (Wildman–Crippen LogP) is 2.26. The van der Waals surface area contributed by atoms with Crippen molar-refractivity contribution in [2.45, 2.75) is 44.0 Å². The zero-order valence-electron chi connectivity index (χ0n) is 12.1. The van der Waals surface area contributed by atoms with Crippen LogP contribution in [0, 0.1) is 28.4 Å². The second-order valence-electron chi connectivity index (χ2n) is 4.71. The smallest absolute Gasteiger partial charge is 0.258 e. The predicted molar refractivity (Wildman–Crippen MR) is 77.1 cm³/mol. The summed E-state index contributed by atoms with van der Waals surface area (Å²) in [5.41, 5.74) is -1.11. The van der Waals surface area contributed by atoms with Crippen molar-refractivity contribution in [1.29, 1.82) is 5.26 Å². The molecule has 0 unspecified atom stereocenters. The van der Waals surface area contributed by atoms with E-state index in [9.17, 15) is 23.8 Å². The lowest BCUT2D eigenvalue weighted by molar-refractivity contribution is -0.385. The van der Waals surface area contributed by atoms with Gasteiger partial charge in [-0.15, -0.1) is 0 Å². The first kappa shape index (κ1) is 17.1. The van der Waals surface area contributed by atoms with Crippen molar-refractivity contribution in [3.05, 3.63) is 33.9 Å². The van der Waals surface area contributed by atoms with Gasteiger partial charge in [-0.05, 0) is 25.8 Å². The van der Waals surface area contributed by atoms with E-state index in [1.165, 1.54) is 19.1 Å². The van der Waals surface area contributed by atoms with E-state index in [0.29, 0.717) is 18.4 Å². The average molecular weight is 311 g/mol. The summed E-state index contributed by atoms with van der Waals surface area (Å²) >= 11 is 0. The number of hydrogen-bond acceptors (Lipinski definition) is 5. The fraction of sp³-hybridized carbons (Fsp3) is 0.462. The normalized spacial score (nSPS) is 11.9. The molecule has 21 heavy (non-hydrogen) atoms. The van der Waals surface area contributed by atoms with E-state index in [-0.39, 0.29) is 10.6 Å². The van der Waals surface area contributed by atoms with Crippen molar-refractivity contribution in [1.82, 2.24) is 4.72 Å². The molecule has 0 aliphatic rings. The van der Waals surface area contributed by atoms with Crippen LogP contribution in [0.5, 0.6) is 0 Å². The van der Waals surface area contributed by atoms with Crippen LogP contribution in [-0.2, 0) is 10.0 Å². The maximum Gasteiger partial charge on any atom is 0.273 e. The molecule has 0 amide bonds. The maximum absolute atomic E-state index is 12.3. The van der Waals surface area contributed by atoms with Crippen LogP contribution in [-0.4, -0.2) is 18.9 Å². The minimum Gasteiger partial charge on any atom is -0.258 e. The van der Waals surface area contributed by atoms with Crippen molar-refractivity contribution in [2.75, 3.05) is 0 Å². The van der Waals surface area contributed by atoms with Crippen LogP contribution in [0.15, 0.2) is 23.1 Å². The molecule has 0 aromatic heterocycles. The topological polar surface area (TPSA) is 113 Å². The second-order valence-corrected chi connectivity index (χ2v) is 6.39. The Bertz CT molecular complexity index is 688. The number of nitrogens with one attached hydrogen (secondary N) is 1. The number of aryl methyl sites for hydroxylation is 1. The molecular weight excluding hydrogens is 294 g/mol. The number of benzene rings is 1. The first-order chi connectivity index (χ1) is 9.71. The molecule has 0 bridgehead atoms. The summed E-state index contributed by atoms with van der Waals surface area (Å²) in [5.74, 6) is 0. The van der Waals surface area contributed by atoms with E-state index in [1.54, 1.807) is 13.8 Å². The molecule has 0 fully saturated rings. The van der Waals surface area contributed by atoms with E-state index >= 15 is 0 Å². The SMILES string of the molecule is CCC(C#N)(CC)NS(=O)(=O)c1ccc(C)c([N+](=O)[O-])c1. The summed E-state index contributed by atoms with van der Waals surface area (Å²) in [6.45, 7) is 4.93. The van der Waals surface area contributed by atoms with Crippen molar-refractivity contribution < 1.29 is 13.3 Å². The molecule has 7 nitrogen and oxygen atoms in total. The van der Waals surface area contributed by atoms with Gasteiger partial charge >= 0.3 is 0 Å². The molecule has 1 rings (SSSR count). The van der Waals surface area contributed by atoms with E-state index in [4.69, 9.17) is 0 Å². The summed E-state index contributed by atoms with van der Waals surface area (Å²) in [6.07, 6.45) is 0.598. The van der Waals surface area contributed by atoms with Crippen LogP contribution in [0.1, 0.15) is 32.3 Å². The van der Waals surface area contributed by atoms with Gasteiger partial charge in [-0.1, -0.05) is 19.9 Å². The van der Waals surface area contributed by atoms with Crippen molar-refractivity contribution >= 4 is 15.7 Å². The Balaban J connectivity index is 3.30. The highest BCUT2D eigenvalue weighted by molar-refractivity contribution is 7.89. The third-order valence-electron chi connectivity index (χ3n) is 3.44. The Hall–Kier alpha value is -1.98. The van der Waals surface area contributed by atoms with Crippen LogP contribution < -0.4 is 4.72 Å². The molecule has 0 aliphatic carbocycles. The fourth-order valence-corrected chi connectivity index (χ4v) is 3.33. The largest absolute Gasteiger partial charge is 0.273 e. The molecule has 1 aromatic rings. The molecule has 0 atom stereocenters. The van der Waals surface area contributed by atoms with Gasteiger partial charge in [0.25, 0.3) is 5.69 Å².